The van der Waals surface area contributed by atoms with E-state index in [2.05, 4.69) is 9.97 Å². The average molecular weight is 378 g/mol. The van der Waals surface area contributed by atoms with E-state index in [9.17, 15) is 13.2 Å². The van der Waals surface area contributed by atoms with Gasteiger partial charge < -0.3 is 9.97 Å². The average Bonchev–Trinajstić information content (AvgIpc) is 2.99. The number of sulfone groups is 1. The molecule has 2 heterocycles. The van der Waals surface area contributed by atoms with Gasteiger partial charge >= 0.3 is 0 Å². The van der Waals surface area contributed by atoms with Crippen molar-refractivity contribution >= 4 is 20.7 Å². The van der Waals surface area contributed by atoms with E-state index < -0.39 is 9.84 Å². The van der Waals surface area contributed by atoms with Crippen LogP contribution in [0.3, 0.4) is 0 Å². The largest absolute Gasteiger partial charge is 0.358 e. The van der Waals surface area contributed by atoms with Crippen molar-refractivity contribution in [3.8, 4) is 0 Å². The second kappa shape index (κ2) is 6.55. The van der Waals surface area contributed by atoms with Crippen molar-refractivity contribution in [2.24, 2.45) is 0 Å². The van der Waals surface area contributed by atoms with E-state index in [4.69, 9.17) is 0 Å². The van der Waals surface area contributed by atoms with Crippen molar-refractivity contribution in [1.82, 2.24) is 9.97 Å². The van der Waals surface area contributed by atoms with Gasteiger partial charge in [0.1, 0.15) is 0 Å². The third-order valence-electron chi connectivity index (χ3n) is 4.72. The lowest BCUT2D eigenvalue weighted by atomic mass is 10.0. The van der Waals surface area contributed by atoms with Gasteiger partial charge in [-0.15, -0.1) is 0 Å². The Morgan fingerprint density at radius 1 is 0.926 bits per heavy atom. The lowest BCUT2D eigenvalue weighted by Gasteiger charge is -2.11. The first-order valence-corrected chi connectivity index (χ1v) is 10.0. The Balaban J connectivity index is 1.87. The van der Waals surface area contributed by atoms with Gasteiger partial charge in [-0.1, -0.05) is 36.4 Å². The highest BCUT2D eigenvalue weighted by Crippen LogP contribution is 2.28. The molecular formula is C21H18N2O3S. The van der Waals surface area contributed by atoms with E-state index in [0.29, 0.717) is 17.4 Å². The van der Waals surface area contributed by atoms with Crippen LogP contribution in [-0.4, -0.2) is 18.4 Å². The van der Waals surface area contributed by atoms with Crippen LogP contribution in [0.5, 0.6) is 0 Å². The van der Waals surface area contributed by atoms with Gasteiger partial charge in [0.2, 0.25) is 9.84 Å². The second-order valence-electron chi connectivity index (χ2n) is 6.43. The molecule has 0 aliphatic heterocycles. The fourth-order valence-corrected chi connectivity index (χ4v) is 4.91. The molecule has 0 saturated heterocycles. The third kappa shape index (κ3) is 2.98. The van der Waals surface area contributed by atoms with Crippen LogP contribution in [0, 0.1) is 6.92 Å². The molecule has 136 valence electrons. The number of fused-ring (bicyclic) bond motifs is 1. The van der Waals surface area contributed by atoms with E-state index in [-0.39, 0.29) is 15.4 Å². The van der Waals surface area contributed by atoms with Gasteiger partial charge in [0, 0.05) is 18.3 Å². The maximum absolute atomic E-state index is 13.1. The standard InChI is InChI=1S/C21H18N2O3S/c1-14-17(20-18(23-14)11-12-22-21(20)24)13-15-7-5-6-10-19(15)27(25,26)16-8-3-2-4-9-16/h2-12,23H,13H2,1H3,(H,22,24). The van der Waals surface area contributed by atoms with E-state index in [1.807, 2.05) is 13.0 Å². The summed E-state index contributed by atoms with van der Waals surface area (Å²) in [6, 6.07) is 17.1. The van der Waals surface area contributed by atoms with Gasteiger partial charge in [0.15, 0.2) is 0 Å². The number of pyridine rings is 1. The molecule has 0 fully saturated rings. The molecule has 0 saturated carbocycles. The Morgan fingerprint density at radius 3 is 2.41 bits per heavy atom. The molecule has 6 heteroatoms. The summed E-state index contributed by atoms with van der Waals surface area (Å²) in [6.45, 7) is 1.89. The highest BCUT2D eigenvalue weighted by molar-refractivity contribution is 7.91. The Bertz CT molecular complexity index is 1290. The minimum atomic E-state index is -3.65. The molecule has 0 aliphatic rings. The number of hydrogen-bond acceptors (Lipinski definition) is 3. The van der Waals surface area contributed by atoms with Gasteiger partial charge in [-0.25, -0.2) is 8.42 Å². The smallest absolute Gasteiger partial charge is 0.257 e. The predicted molar refractivity (Wildman–Crippen MR) is 105 cm³/mol. The van der Waals surface area contributed by atoms with Crippen molar-refractivity contribution < 1.29 is 8.42 Å². The molecule has 27 heavy (non-hydrogen) atoms. The van der Waals surface area contributed by atoms with Gasteiger partial charge in [-0.05, 0) is 42.3 Å². The van der Waals surface area contributed by atoms with Crippen LogP contribution in [0.15, 0.2) is 81.4 Å². The predicted octanol–water partition coefficient (Wildman–Crippen LogP) is 3.59. The van der Waals surface area contributed by atoms with Crippen molar-refractivity contribution in [2.45, 2.75) is 23.1 Å². The second-order valence-corrected chi connectivity index (χ2v) is 8.34. The molecule has 4 rings (SSSR count). The van der Waals surface area contributed by atoms with Crippen molar-refractivity contribution in [3.63, 3.8) is 0 Å². The van der Waals surface area contributed by atoms with Gasteiger partial charge in [0.05, 0.1) is 20.7 Å². The van der Waals surface area contributed by atoms with Crippen LogP contribution in [-0.2, 0) is 16.3 Å². The molecule has 0 spiro atoms. The molecule has 0 atom stereocenters. The maximum atomic E-state index is 13.1. The van der Waals surface area contributed by atoms with Crippen LogP contribution >= 0.6 is 0 Å². The van der Waals surface area contributed by atoms with Gasteiger partial charge in [-0.2, -0.15) is 0 Å². The first kappa shape index (κ1) is 17.3. The van der Waals surface area contributed by atoms with E-state index >= 15 is 0 Å². The van der Waals surface area contributed by atoms with Crippen LogP contribution in [0.2, 0.25) is 0 Å². The number of H-pyrrole nitrogens is 2. The minimum Gasteiger partial charge on any atom is -0.358 e. The minimum absolute atomic E-state index is 0.185. The molecule has 0 radical (unpaired) electrons. The summed E-state index contributed by atoms with van der Waals surface area (Å²) in [7, 11) is -3.65. The summed E-state index contributed by atoms with van der Waals surface area (Å²) >= 11 is 0. The number of aromatic nitrogens is 2. The molecule has 2 aromatic heterocycles. The van der Waals surface area contributed by atoms with Gasteiger partial charge in [0.25, 0.3) is 5.56 Å². The number of rotatable bonds is 4. The molecule has 0 amide bonds. The summed E-state index contributed by atoms with van der Waals surface area (Å²) in [6.07, 6.45) is 1.94. The van der Waals surface area contributed by atoms with Gasteiger partial charge in [-0.3, -0.25) is 4.79 Å². The van der Waals surface area contributed by atoms with Crippen LogP contribution < -0.4 is 5.56 Å². The molecule has 0 unspecified atom stereocenters. The lowest BCUT2D eigenvalue weighted by molar-refractivity contribution is 0.595. The fourth-order valence-electron chi connectivity index (χ4n) is 3.40. The van der Waals surface area contributed by atoms with E-state index in [1.165, 1.54) is 0 Å². The van der Waals surface area contributed by atoms with Crippen molar-refractivity contribution in [2.75, 3.05) is 0 Å². The molecule has 2 N–H and O–H groups in total. The molecule has 2 aromatic carbocycles. The quantitative estimate of drug-likeness (QED) is 0.569. The lowest BCUT2D eigenvalue weighted by Crippen LogP contribution is -2.08. The topological polar surface area (TPSA) is 82.8 Å². The van der Waals surface area contributed by atoms with Crippen LogP contribution in [0.1, 0.15) is 16.8 Å². The third-order valence-corrected chi connectivity index (χ3v) is 6.59. The zero-order valence-corrected chi connectivity index (χ0v) is 15.5. The zero-order chi connectivity index (χ0) is 19.0. The van der Waals surface area contributed by atoms with E-state index in [0.717, 1.165) is 16.8 Å². The maximum Gasteiger partial charge on any atom is 0.257 e. The molecule has 0 aliphatic carbocycles. The first-order chi connectivity index (χ1) is 13.0. The highest BCUT2D eigenvalue weighted by Gasteiger charge is 2.22. The number of benzene rings is 2. The normalized spacial score (nSPS) is 11.7. The number of nitrogens with one attached hydrogen (secondary N) is 2. The number of hydrogen-bond donors (Lipinski definition) is 2. The Hall–Kier alpha value is -3.12. The molecular weight excluding hydrogens is 360 g/mol. The van der Waals surface area contributed by atoms with Crippen molar-refractivity contribution in [1.29, 1.82) is 0 Å². The SMILES string of the molecule is Cc1[nH]c2cc[nH]c(=O)c2c1Cc1ccccc1S(=O)(=O)c1ccccc1. The Kier molecular flexibility index (Phi) is 4.20. The highest BCUT2D eigenvalue weighted by atomic mass is 32.2. The Morgan fingerprint density at radius 2 is 1.63 bits per heavy atom. The zero-order valence-electron chi connectivity index (χ0n) is 14.7. The summed E-state index contributed by atoms with van der Waals surface area (Å²) in [4.78, 5) is 18.7. The van der Waals surface area contributed by atoms with E-state index in [1.54, 1.807) is 60.8 Å². The Labute approximate surface area is 156 Å². The number of aromatic amines is 2. The first-order valence-electron chi connectivity index (χ1n) is 8.55. The molecule has 0 bridgehead atoms. The molecule has 5 nitrogen and oxygen atoms in total. The van der Waals surface area contributed by atoms with Crippen molar-refractivity contribution in [3.05, 3.63) is 94.0 Å². The monoisotopic (exact) mass is 378 g/mol. The number of aryl methyl sites for hydroxylation is 1. The summed E-state index contributed by atoms with van der Waals surface area (Å²) in [5, 5.41) is 0.571. The fraction of sp³-hybridized carbons (Fsp3) is 0.0952. The summed E-state index contributed by atoms with van der Waals surface area (Å²) < 4.78 is 26.2. The van der Waals surface area contributed by atoms with Crippen LogP contribution in [0.4, 0.5) is 0 Å². The summed E-state index contributed by atoms with van der Waals surface area (Å²) in [5.74, 6) is 0. The summed E-state index contributed by atoms with van der Waals surface area (Å²) in [5.41, 5.74) is 2.88. The van der Waals surface area contributed by atoms with Crippen LogP contribution in [0.25, 0.3) is 10.9 Å². The molecule has 4 aromatic rings.